The minimum absolute atomic E-state index is 0.0640. The van der Waals surface area contributed by atoms with Gasteiger partial charge in [-0.25, -0.2) is 0 Å². The van der Waals surface area contributed by atoms with Gasteiger partial charge in [-0.05, 0) is 38.8 Å². The second-order valence-corrected chi connectivity index (χ2v) is 6.39. The second kappa shape index (κ2) is 6.75. The molecular formula is C17H26N2O3. The summed E-state index contributed by atoms with van der Waals surface area (Å²) in [7, 11) is 0. The number of rotatable bonds is 4. The molecule has 1 fully saturated rings. The lowest BCUT2D eigenvalue weighted by molar-refractivity contribution is -0.0720. The molecule has 2 heterocycles. The Balaban J connectivity index is 2.23. The molecule has 1 aliphatic rings. The molecular weight excluding hydrogens is 280 g/mol. The number of amides is 1. The standard InChI is InChI=1S/C17H26N2O3/c1-4-8-17(11-20)10-19(9-7-15(17)21)16(22)14-6-5-12(2)18-13(14)3/h5-6,15,20-21H,4,7-11H2,1-3H3/t15-,17+/m1/s1. The molecule has 2 rings (SSSR count). The number of piperidine rings is 1. The summed E-state index contributed by atoms with van der Waals surface area (Å²) < 4.78 is 0. The summed E-state index contributed by atoms with van der Waals surface area (Å²) in [5, 5.41) is 20.1. The first kappa shape index (κ1) is 16.9. The van der Waals surface area contributed by atoms with E-state index < -0.39 is 11.5 Å². The van der Waals surface area contributed by atoms with Crippen molar-refractivity contribution in [1.29, 1.82) is 0 Å². The molecule has 1 saturated heterocycles. The first-order valence-electron chi connectivity index (χ1n) is 7.96. The van der Waals surface area contributed by atoms with Crippen molar-refractivity contribution in [3.8, 4) is 0 Å². The van der Waals surface area contributed by atoms with Crippen molar-refractivity contribution >= 4 is 5.91 Å². The number of hydrogen-bond donors (Lipinski definition) is 2. The number of nitrogens with zero attached hydrogens (tertiary/aromatic N) is 2. The van der Waals surface area contributed by atoms with Gasteiger partial charge < -0.3 is 15.1 Å². The van der Waals surface area contributed by atoms with Gasteiger partial charge in [0.25, 0.3) is 5.91 Å². The van der Waals surface area contributed by atoms with E-state index in [2.05, 4.69) is 4.98 Å². The van der Waals surface area contributed by atoms with Gasteiger partial charge in [0.2, 0.25) is 0 Å². The van der Waals surface area contributed by atoms with E-state index in [1.54, 1.807) is 4.90 Å². The van der Waals surface area contributed by atoms with Crippen molar-refractivity contribution in [2.45, 2.75) is 46.1 Å². The van der Waals surface area contributed by atoms with Crippen LogP contribution in [0, 0.1) is 19.3 Å². The van der Waals surface area contributed by atoms with Crippen LogP contribution < -0.4 is 0 Å². The normalized spacial score (nSPS) is 25.3. The number of hydrogen-bond acceptors (Lipinski definition) is 4. The van der Waals surface area contributed by atoms with Crippen LogP contribution in [0.2, 0.25) is 0 Å². The highest BCUT2D eigenvalue weighted by Gasteiger charge is 2.43. The van der Waals surface area contributed by atoms with E-state index in [4.69, 9.17) is 0 Å². The predicted molar refractivity (Wildman–Crippen MR) is 84.7 cm³/mol. The van der Waals surface area contributed by atoms with E-state index in [1.807, 2.05) is 32.9 Å². The maximum atomic E-state index is 12.8. The third-order valence-corrected chi connectivity index (χ3v) is 4.69. The van der Waals surface area contributed by atoms with Gasteiger partial charge in [0.15, 0.2) is 0 Å². The fourth-order valence-electron chi connectivity index (χ4n) is 3.38. The van der Waals surface area contributed by atoms with Gasteiger partial charge >= 0.3 is 0 Å². The van der Waals surface area contributed by atoms with Crippen LogP contribution in [0.3, 0.4) is 0 Å². The number of aliphatic hydroxyl groups is 2. The van der Waals surface area contributed by atoms with Crippen LogP contribution in [0.4, 0.5) is 0 Å². The lowest BCUT2D eigenvalue weighted by atomic mass is 9.74. The number of aromatic nitrogens is 1. The van der Waals surface area contributed by atoms with Crippen LogP contribution in [0.1, 0.15) is 47.9 Å². The molecule has 2 N–H and O–H groups in total. The van der Waals surface area contributed by atoms with Crippen molar-refractivity contribution in [3.63, 3.8) is 0 Å². The van der Waals surface area contributed by atoms with Crippen molar-refractivity contribution in [2.24, 2.45) is 5.41 Å². The molecule has 1 amide bonds. The Morgan fingerprint density at radius 1 is 1.45 bits per heavy atom. The van der Waals surface area contributed by atoms with E-state index in [9.17, 15) is 15.0 Å². The van der Waals surface area contributed by atoms with Gasteiger partial charge in [-0.2, -0.15) is 0 Å². The third kappa shape index (κ3) is 3.15. The highest BCUT2D eigenvalue weighted by atomic mass is 16.3. The molecule has 0 aliphatic carbocycles. The van der Waals surface area contributed by atoms with E-state index in [1.165, 1.54) is 0 Å². The van der Waals surface area contributed by atoms with Crippen molar-refractivity contribution < 1.29 is 15.0 Å². The lowest BCUT2D eigenvalue weighted by Gasteiger charge is -2.45. The molecule has 1 aromatic heterocycles. The van der Waals surface area contributed by atoms with E-state index in [0.717, 1.165) is 17.8 Å². The van der Waals surface area contributed by atoms with Gasteiger partial charge in [-0.3, -0.25) is 9.78 Å². The number of carbonyl (C=O) groups excluding carboxylic acids is 1. The van der Waals surface area contributed by atoms with E-state index in [-0.39, 0.29) is 12.5 Å². The number of aryl methyl sites for hydroxylation is 2. The summed E-state index contributed by atoms with van der Waals surface area (Å²) in [6.45, 7) is 6.57. The highest BCUT2D eigenvalue weighted by molar-refractivity contribution is 5.95. The van der Waals surface area contributed by atoms with Crippen LogP contribution >= 0.6 is 0 Å². The van der Waals surface area contributed by atoms with Gasteiger partial charge in [0.1, 0.15) is 0 Å². The van der Waals surface area contributed by atoms with Crippen LogP contribution in [0.5, 0.6) is 0 Å². The van der Waals surface area contributed by atoms with Crippen LogP contribution in [0.25, 0.3) is 0 Å². The number of aliphatic hydroxyl groups excluding tert-OH is 2. The first-order valence-corrected chi connectivity index (χ1v) is 7.96. The Bertz CT molecular complexity index is 547. The molecule has 122 valence electrons. The smallest absolute Gasteiger partial charge is 0.255 e. The summed E-state index contributed by atoms with van der Waals surface area (Å²) in [5.74, 6) is -0.0640. The monoisotopic (exact) mass is 306 g/mol. The summed E-state index contributed by atoms with van der Waals surface area (Å²) in [5.41, 5.74) is 1.61. The highest BCUT2D eigenvalue weighted by Crippen LogP contribution is 2.35. The minimum Gasteiger partial charge on any atom is -0.396 e. The van der Waals surface area contributed by atoms with Crippen molar-refractivity contribution in [1.82, 2.24) is 9.88 Å². The summed E-state index contributed by atoms with van der Waals surface area (Å²) >= 11 is 0. The Morgan fingerprint density at radius 3 is 2.77 bits per heavy atom. The average molecular weight is 306 g/mol. The molecule has 0 aromatic carbocycles. The first-order chi connectivity index (χ1) is 10.4. The maximum absolute atomic E-state index is 12.8. The van der Waals surface area contributed by atoms with E-state index in [0.29, 0.717) is 31.5 Å². The molecule has 0 radical (unpaired) electrons. The predicted octanol–water partition coefficient (Wildman–Crippen LogP) is 1.68. The maximum Gasteiger partial charge on any atom is 0.255 e. The van der Waals surface area contributed by atoms with Crippen LogP contribution in [-0.2, 0) is 0 Å². The zero-order chi connectivity index (χ0) is 16.3. The number of likely N-dealkylation sites (tertiary alicyclic amines) is 1. The quantitative estimate of drug-likeness (QED) is 0.887. The summed E-state index contributed by atoms with van der Waals surface area (Å²) in [4.78, 5) is 18.9. The van der Waals surface area contributed by atoms with Gasteiger partial charge in [-0.15, -0.1) is 0 Å². The van der Waals surface area contributed by atoms with Crippen molar-refractivity contribution in [2.75, 3.05) is 19.7 Å². The zero-order valence-corrected chi connectivity index (χ0v) is 13.7. The zero-order valence-electron chi connectivity index (χ0n) is 13.7. The molecule has 0 unspecified atom stereocenters. The fourth-order valence-corrected chi connectivity index (χ4v) is 3.38. The molecule has 5 heteroatoms. The number of carbonyl (C=O) groups is 1. The molecule has 22 heavy (non-hydrogen) atoms. The molecule has 1 aromatic rings. The van der Waals surface area contributed by atoms with Gasteiger partial charge in [0.05, 0.1) is 24.0 Å². The molecule has 2 atom stereocenters. The second-order valence-electron chi connectivity index (χ2n) is 6.39. The van der Waals surface area contributed by atoms with Gasteiger partial charge in [0, 0.05) is 24.2 Å². The fraction of sp³-hybridized carbons (Fsp3) is 0.647. The lowest BCUT2D eigenvalue weighted by Crippen LogP contribution is -2.55. The SMILES string of the molecule is CCC[C@@]1(CO)CN(C(=O)c2ccc(C)nc2C)CC[C@H]1O. The van der Waals surface area contributed by atoms with Crippen LogP contribution in [0.15, 0.2) is 12.1 Å². The molecule has 0 saturated carbocycles. The Hall–Kier alpha value is -1.46. The van der Waals surface area contributed by atoms with E-state index >= 15 is 0 Å². The Morgan fingerprint density at radius 2 is 2.18 bits per heavy atom. The topological polar surface area (TPSA) is 73.7 Å². The Labute approximate surface area is 132 Å². The molecule has 0 bridgehead atoms. The minimum atomic E-state index is -0.602. The summed E-state index contributed by atoms with van der Waals surface area (Å²) in [6, 6.07) is 3.65. The molecule has 1 aliphatic heterocycles. The van der Waals surface area contributed by atoms with Crippen LogP contribution in [-0.4, -0.2) is 51.8 Å². The largest absolute Gasteiger partial charge is 0.396 e. The molecule has 0 spiro atoms. The Kier molecular flexibility index (Phi) is 5.19. The summed E-state index contributed by atoms with van der Waals surface area (Å²) in [6.07, 6.45) is 1.52. The molecule has 5 nitrogen and oxygen atoms in total. The van der Waals surface area contributed by atoms with Gasteiger partial charge in [-0.1, -0.05) is 13.3 Å². The average Bonchev–Trinajstić information content (AvgIpc) is 2.49. The third-order valence-electron chi connectivity index (χ3n) is 4.69. The number of pyridine rings is 1. The van der Waals surface area contributed by atoms with Crippen molar-refractivity contribution in [3.05, 3.63) is 29.1 Å².